The molecule has 0 aromatic carbocycles. The molecule has 80 valence electrons. The van der Waals surface area contributed by atoms with Crippen LogP contribution in [0, 0.1) is 0 Å². The molecular weight excluding hydrogens is 210 g/mol. The largest absolute Gasteiger partial charge is 0.545 e. The van der Waals surface area contributed by atoms with Crippen LogP contribution in [0.2, 0.25) is 0 Å². The lowest BCUT2D eigenvalue weighted by Crippen LogP contribution is -2.30. The van der Waals surface area contributed by atoms with Crippen LogP contribution < -0.4 is 10.7 Å². The van der Waals surface area contributed by atoms with Gasteiger partial charge in [-0.15, -0.1) is 0 Å². The van der Waals surface area contributed by atoms with E-state index in [4.69, 9.17) is 0 Å². The third kappa shape index (κ3) is 1.81. The SMILES string of the molecule is O=C([O-])c1cc(-c2ccncc2)n[nH]c1=O. The van der Waals surface area contributed by atoms with Gasteiger partial charge in [0.25, 0.3) is 5.56 Å². The zero-order valence-electron chi connectivity index (χ0n) is 8.01. The number of aromatic nitrogens is 3. The molecule has 0 bridgehead atoms. The number of nitrogens with zero attached hydrogens (tertiary/aromatic N) is 2. The Morgan fingerprint density at radius 3 is 2.62 bits per heavy atom. The van der Waals surface area contributed by atoms with Crippen molar-refractivity contribution in [3.63, 3.8) is 0 Å². The number of rotatable bonds is 2. The molecule has 16 heavy (non-hydrogen) atoms. The van der Waals surface area contributed by atoms with Crippen molar-refractivity contribution >= 4 is 5.97 Å². The lowest BCUT2D eigenvalue weighted by atomic mass is 10.1. The number of aromatic carboxylic acids is 1. The van der Waals surface area contributed by atoms with Crippen molar-refractivity contribution in [3.8, 4) is 11.3 Å². The van der Waals surface area contributed by atoms with E-state index < -0.39 is 17.1 Å². The quantitative estimate of drug-likeness (QED) is 0.708. The molecule has 0 saturated carbocycles. The second-order valence-corrected chi connectivity index (χ2v) is 3.02. The average molecular weight is 216 g/mol. The summed E-state index contributed by atoms with van der Waals surface area (Å²) < 4.78 is 0. The Bertz CT molecular complexity index is 577. The molecule has 0 saturated heterocycles. The average Bonchev–Trinajstić information content (AvgIpc) is 2.30. The van der Waals surface area contributed by atoms with Gasteiger partial charge in [0.05, 0.1) is 17.2 Å². The Balaban J connectivity index is 2.57. The molecule has 6 nitrogen and oxygen atoms in total. The van der Waals surface area contributed by atoms with Gasteiger partial charge in [0, 0.05) is 18.0 Å². The van der Waals surface area contributed by atoms with Gasteiger partial charge in [0.15, 0.2) is 0 Å². The van der Waals surface area contributed by atoms with Gasteiger partial charge in [0.2, 0.25) is 0 Å². The maximum absolute atomic E-state index is 11.1. The van der Waals surface area contributed by atoms with Gasteiger partial charge < -0.3 is 9.90 Å². The Labute approximate surface area is 89.6 Å². The smallest absolute Gasteiger partial charge is 0.273 e. The monoisotopic (exact) mass is 216 g/mol. The highest BCUT2D eigenvalue weighted by molar-refractivity contribution is 5.86. The second kappa shape index (κ2) is 3.93. The van der Waals surface area contributed by atoms with E-state index >= 15 is 0 Å². The molecule has 0 unspecified atom stereocenters. The van der Waals surface area contributed by atoms with E-state index in [1.165, 1.54) is 6.07 Å². The fourth-order valence-corrected chi connectivity index (χ4v) is 1.23. The van der Waals surface area contributed by atoms with E-state index in [0.717, 1.165) is 0 Å². The van der Waals surface area contributed by atoms with Gasteiger partial charge in [0.1, 0.15) is 0 Å². The van der Waals surface area contributed by atoms with Crippen LogP contribution in [0.3, 0.4) is 0 Å². The van der Waals surface area contributed by atoms with Crippen LogP contribution in [0.25, 0.3) is 11.3 Å². The minimum Gasteiger partial charge on any atom is -0.545 e. The number of hydrogen-bond acceptors (Lipinski definition) is 5. The van der Waals surface area contributed by atoms with E-state index in [0.29, 0.717) is 11.3 Å². The maximum Gasteiger partial charge on any atom is 0.273 e. The number of carboxylic acids is 1. The molecule has 0 radical (unpaired) electrons. The summed E-state index contributed by atoms with van der Waals surface area (Å²) >= 11 is 0. The van der Waals surface area contributed by atoms with Gasteiger partial charge in [-0.1, -0.05) is 0 Å². The minimum atomic E-state index is -1.53. The number of aromatic amines is 1. The highest BCUT2D eigenvalue weighted by Crippen LogP contribution is 2.13. The highest BCUT2D eigenvalue weighted by Gasteiger charge is 2.05. The van der Waals surface area contributed by atoms with Crippen LogP contribution in [-0.2, 0) is 0 Å². The molecule has 0 aliphatic carbocycles. The normalized spacial score (nSPS) is 10.0. The van der Waals surface area contributed by atoms with Crippen molar-refractivity contribution in [2.45, 2.75) is 0 Å². The fourth-order valence-electron chi connectivity index (χ4n) is 1.23. The summed E-state index contributed by atoms with van der Waals surface area (Å²) in [5.41, 5.74) is -0.213. The van der Waals surface area contributed by atoms with Gasteiger partial charge in [-0.3, -0.25) is 9.78 Å². The molecule has 0 spiro atoms. The van der Waals surface area contributed by atoms with Gasteiger partial charge in [-0.25, -0.2) is 5.10 Å². The zero-order chi connectivity index (χ0) is 11.5. The first kappa shape index (κ1) is 10.0. The number of carboxylic acid groups (broad SMARTS) is 1. The minimum absolute atomic E-state index is 0.348. The molecule has 1 N–H and O–H groups in total. The Morgan fingerprint density at radius 2 is 2.00 bits per heavy atom. The molecule has 0 amide bonds. The summed E-state index contributed by atoms with van der Waals surface area (Å²) in [4.78, 5) is 25.5. The van der Waals surface area contributed by atoms with Crippen LogP contribution in [-0.4, -0.2) is 21.2 Å². The number of hydrogen-bond donors (Lipinski definition) is 1. The number of nitrogens with one attached hydrogen (secondary N) is 1. The van der Waals surface area contributed by atoms with E-state index in [1.54, 1.807) is 24.5 Å². The van der Waals surface area contributed by atoms with Crippen LogP contribution in [0.5, 0.6) is 0 Å². The van der Waals surface area contributed by atoms with Crippen molar-refractivity contribution in [2.75, 3.05) is 0 Å². The van der Waals surface area contributed by atoms with E-state index in [9.17, 15) is 14.7 Å². The predicted molar refractivity (Wildman–Crippen MR) is 52.4 cm³/mol. The summed E-state index contributed by atoms with van der Waals surface area (Å²) in [6.45, 7) is 0. The lowest BCUT2D eigenvalue weighted by Gasteiger charge is -2.03. The molecule has 0 fully saturated rings. The number of carbonyl (C=O) groups is 1. The third-order valence-electron chi connectivity index (χ3n) is 2.00. The molecule has 6 heteroatoms. The van der Waals surface area contributed by atoms with Gasteiger partial charge in [-0.2, -0.15) is 5.10 Å². The van der Waals surface area contributed by atoms with E-state index in [-0.39, 0.29) is 0 Å². The molecule has 2 heterocycles. The van der Waals surface area contributed by atoms with Crippen LogP contribution in [0.4, 0.5) is 0 Å². The number of H-pyrrole nitrogens is 1. The first-order valence-electron chi connectivity index (χ1n) is 4.40. The first-order chi connectivity index (χ1) is 7.68. The van der Waals surface area contributed by atoms with Crippen molar-refractivity contribution in [2.24, 2.45) is 0 Å². The Hall–Kier alpha value is -2.50. The van der Waals surface area contributed by atoms with E-state index in [1.807, 2.05) is 0 Å². The van der Waals surface area contributed by atoms with Crippen molar-refractivity contribution in [3.05, 3.63) is 46.5 Å². The van der Waals surface area contributed by atoms with Gasteiger partial charge >= 0.3 is 0 Å². The number of pyridine rings is 1. The summed E-state index contributed by atoms with van der Waals surface area (Å²) in [6, 6.07) is 4.48. The Morgan fingerprint density at radius 1 is 1.31 bits per heavy atom. The summed E-state index contributed by atoms with van der Waals surface area (Å²) in [5, 5.41) is 16.5. The lowest BCUT2D eigenvalue weighted by molar-refractivity contribution is -0.255. The van der Waals surface area contributed by atoms with Crippen molar-refractivity contribution in [1.29, 1.82) is 0 Å². The predicted octanol–water partition coefficient (Wildman–Crippen LogP) is -0.805. The standard InChI is InChI=1S/C10H7N3O3/c14-9-7(10(15)16)5-8(12-13-9)6-1-3-11-4-2-6/h1-5H,(H,13,14)(H,15,16)/p-1. The zero-order valence-corrected chi connectivity index (χ0v) is 8.01. The molecule has 0 atom stereocenters. The molecule has 2 aromatic heterocycles. The van der Waals surface area contributed by atoms with E-state index in [2.05, 4.69) is 15.2 Å². The third-order valence-corrected chi connectivity index (χ3v) is 2.00. The molecule has 2 aromatic rings. The van der Waals surface area contributed by atoms with Crippen LogP contribution >= 0.6 is 0 Å². The van der Waals surface area contributed by atoms with Gasteiger partial charge in [-0.05, 0) is 18.2 Å². The number of carbonyl (C=O) groups excluding carboxylic acids is 1. The Kier molecular flexibility index (Phi) is 2.47. The summed E-state index contributed by atoms with van der Waals surface area (Å²) in [5.74, 6) is -1.53. The van der Waals surface area contributed by atoms with Crippen molar-refractivity contribution < 1.29 is 9.90 Å². The second-order valence-electron chi connectivity index (χ2n) is 3.02. The molecular formula is C10H6N3O3-. The maximum atomic E-state index is 11.1. The van der Waals surface area contributed by atoms with Crippen LogP contribution in [0.1, 0.15) is 10.4 Å². The van der Waals surface area contributed by atoms with Crippen LogP contribution in [0.15, 0.2) is 35.4 Å². The van der Waals surface area contributed by atoms with Crippen molar-refractivity contribution in [1.82, 2.24) is 15.2 Å². The fraction of sp³-hybridized carbons (Fsp3) is 0. The molecule has 0 aliphatic rings. The molecule has 2 rings (SSSR count). The first-order valence-corrected chi connectivity index (χ1v) is 4.40. The topological polar surface area (TPSA) is 98.8 Å². The summed E-state index contributed by atoms with van der Waals surface area (Å²) in [6.07, 6.45) is 3.08. The highest BCUT2D eigenvalue weighted by atomic mass is 16.4. The summed E-state index contributed by atoms with van der Waals surface area (Å²) in [7, 11) is 0. The molecule has 0 aliphatic heterocycles.